The second kappa shape index (κ2) is 9.62. The number of carbonyl (C=O) groups is 2. The molecule has 2 N–H and O–H groups in total. The van der Waals surface area contributed by atoms with Crippen LogP contribution in [0.3, 0.4) is 0 Å². The lowest BCUT2D eigenvalue weighted by atomic mass is 9.92. The molecule has 0 aromatic heterocycles. The van der Waals surface area contributed by atoms with Crippen molar-refractivity contribution in [3.05, 3.63) is 68.7 Å². The predicted octanol–water partition coefficient (Wildman–Crippen LogP) is 5.47. The van der Waals surface area contributed by atoms with Gasteiger partial charge in [0.25, 0.3) is 0 Å². The van der Waals surface area contributed by atoms with E-state index in [1.54, 1.807) is 43.3 Å². The maximum atomic E-state index is 11.4. The maximum Gasteiger partial charge on any atom is 0.343 e. The van der Waals surface area contributed by atoms with Gasteiger partial charge in [0.1, 0.15) is 17.9 Å². The molecule has 2 aromatic carbocycles. The Morgan fingerprint density at radius 1 is 1.00 bits per heavy atom. The number of carboxylic acids is 2. The average molecular weight is 423 g/mol. The smallest absolute Gasteiger partial charge is 0.343 e. The highest BCUT2D eigenvalue weighted by molar-refractivity contribution is 6.35. The molecule has 148 valence electrons. The van der Waals surface area contributed by atoms with Crippen LogP contribution in [0.2, 0.25) is 10.0 Å². The quantitative estimate of drug-likeness (QED) is 0.334. The van der Waals surface area contributed by atoms with Crippen LogP contribution in [0.5, 0.6) is 5.75 Å². The number of rotatable bonds is 8. The van der Waals surface area contributed by atoms with Crippen LogP contribution < -0.4 is 4.74 Å². The highest BCUT2D eigenvalue weighted by Crippen LogP contribution is 2.31. The standard InChI is InChI=1S/C21H20Cl2O5/c1-3-12-10-13(28-11-16-17(22)6-5-7-18(16)23)8-9-15(12)14(4-2)19(20(24)25)21(26)27/h5-10H,3-4,11H2,1-2H3,(H,24,25)(H,26,27). The van der Waals surface area contributed by atoms with Gasteiger partial charge in [0.15, 0.2) is 0 Å². The molecule has 0 atom stereocenters. The molecule has 0 aliphatic heterocycles. The number of hydrogen-bond donors (Lipinski definition) is 2. The Kier molecular flexibility index (Phi) is 7.49. The van der Waals surface area contributed by atoms with Gasteiger partial charge < -0.3 is 14.9 Å². The number of halogens is 2. The molecular weight excluding hydrogens is 403 g/mol. The summed E-state index contributed by atoms with van der Waals surface area (Å²) in [5, 5.41) is 19.6. The minimum Gasteiger partial charge on any atom is -0.489 e. The van der Waals surface area contributed by atoms with Crippen molar-refractivity contribution in [2.24, 2.45) is 0 Å². The number of hydrogen-bond acceptors (Lipinski definition) is 3. The van der Waals surface area contributed by atoms with Crippen molar-refractivity contribution in [2.45, 2.75) is 33.3 Å². The van der Waals surface area contributed by atoms with Crippen molar-refractivity contribution >= 4 is 40.7 Å². The van der Waals surface area contributed by atoms with E-state index < -0.39 is 17.5 Å². The largest absolute Gasteiger partial charge is 0.489 e. The minimum atomic E-state index is -1.46. The van der Waals surface area contributed by atoms with Gasteiger partial charge in [-0.3, -0.25) is 0 Å². The van der Waals surface area contributed by atoms with E-state index in [1.807, 2.05) is 6.92 Å². The summed E-state index contributed by atoms with van der Waals surface area (Å²) in [6.07, 6.45) is 0.853. The second-order valence-corrected chi connectivity index (χ2v) is 6.79. The van der Waals surface area contributed by atoms with Crippen LogP contribution in [0.1, 0.15) is 37.0 Å². The van der Waals surface area contributed by atoms with Crippen LogP contribution in [0.15, 0.2) is 42.0 Å². The van der Waals surface area contributed by atoms with Crippen LogP contribution in [0.4, 0.5) is 0 Å². The van der Waals surface area contributed by atoms with Gasteiger partial charge >= 0.3 is 11.9 Å². The van der Waals surface area contributed by atoms with Crippen LogP contribution in [-0.2, 0) is 22.6 Å². The van der Waals surface area contributed by atoms with E-state index in [-0.39, 0.29) is 18.6 Å². The Hall–Kier alpha value is -2.50. The van der Waals surface area contributed by atoms with E-state index in [9.17, 15) is 19.8 Å². The van der Waals surface area contributed by atoms with Crippen LogP contribution >= 0.6 is 23.2 Å². The van der Waals surface area contributed by atoms with Gasteiger partial charge in [-0.1, -0.05) is 49.2 Å². The number of ether oxygens (including phenoxy) is 1. The van der Waals surface area contributed by atoms with Crippen molar-refractivity contribution in [1.29, 1.82) is 0 Å². The van der Waals surface area contributed by atoms with Crippen LogP contribution in [0, 0.1) is 0 Å². The molecule has 0 radical (unpaired) electrons. The Morgan fingerprint density at radius 2 is 1.61 bits per heavy atom. The molecule has 0 bridgehead atoms. The number of aliphatic carboxylic acids is 2. The lowest BCUT2D eigenvalue weighted by molar-refractivity contribution is -0.140. The summed E-state index contributed by atoms with van der Waals surface area (Å²) in [7, 11) is 0. The van der Waals surface area contributed by atoms with E-state index in [2.05, 4.69) is 0 Å². The van der Waals surface area contributed by atoms with Gasteiger partial charge in [0.2, 0.25) is 0 Å². The van der Waals surface area contributed by atoms with Crippen molar-refractivity contribution < 1.29 is 24.5 Å². The van der Waals surface area contributed by atoms with E-state index >= 15 is 0 Å². The topological polar surface area (TPSA) is 83.8 Å². The monoisotopic (exact) mass is 422 g/mol. The minimum absolute atomic E-state index is 0.174. The second-order valence-electron chi connectivity index (χ2n) is 5.98. The first-order valence-corrected chi connectivity index (χ1v) is 9.44. The van der Waals surface area contributed by atoms with Gasteiger partial charge in [-0.25, -0.2) is 9.59 Å². The molecule has 5 nitrogen and oxygen atoms in total. The highest BCUT2D eigenvalue weighted by atomic mass is 35.5. The molecule has 7 heteroatoms. The van der Waals surface area contributed by atoms with Gasteiger partial charge in [-0.2, -0.15) is 0 Å². The molecule has 0 fully saturated rings. The molecule has 0 heterocycles. The normalized spacial score (nSPS) is 10.4. The molecule has 0 aliphatic rings. The summed E-state index contributed by atoms with van der Waals surface area (Å²) in [4.78, 5) is 22.8. The zero-order valence-corrected chi connectivity index (χ0v) is 17.0. The first-order valence-electron chi connectivity index (χ1n) is 8.68. The van der Waals surface area contributed by atoms with Gasteiger partial charge in [-0.05, 0) is 53.8 Å². The summed E-state index contributed by atoms with van der Waals surface area (Å²) in [6, 6.07) is 10.3. The van der Waals surface area contributed by atoms with Crippen molar-refractivity contribution in [3.8, 4) is 5.75 Å². The summed E-state index contributed by atoms with van der Waals surface area (Å²) in [5.74, 6) is -2.36. The zero-order valence-electron chi connectivity index (χ0n) is 15.5. The van der Waals surface area contributed by atoms with Crippen molar-refractivity contribution in [2.75, 3.05) is 0 Å². The first-order chi connectivity index (χ1) is 13.3. The molecule has 2 rings (SSSR count). The third-order valence-electron chi connectivity index (χ3n) is 4.31. The molecule has 28 heavy (non-hydrogen) atoms. The molecule has 0 aliphatic carbocycles. The Labute approximate surface area is 173 Å². The van der Waals surface area contributed by atoms with Crippen LogP contribution in [0.25, 0.3) is 5.57 Å². The molecule has 2 aromatic rings. The third kappa shape index (κ3) is 4.86. The number of aryl methyl sites for hydroxylation is 1. The van der Waals surface area contributed by atoms with Crippen molar-refractivity contribution in [3.63, 3.8) is 0 Å². The fourth-order valence-electron chi connectivity index (χ4n) is 2.92. The van der Waals surface area contributed by atoms with Crippen LogP contribution in [-0.4, -0.2) is 22.2 Å². The predicted molar refractivity (Wildman–Crippen MR) is 109 cm³/mol. The Balaban J connectivity index is 2.40. The van der Waals surface area contributed by atoms with E-state index in [0.29, 0.717) is 33.3 Å². The summed E-state index contributed by atoms with van der Waals surface area (Å²) < 4.78 is 5.80. The fourth-order valence-corrected chi connectivity index (χ4v) is 3.43. The van der Waals surface area contributed by atoms with E-state index in [4.69, 9.17) is 27.9 Å². The van der Waals surface area contributed by atoms with Gasteiger partial charge in [0.05, 0.1) is 0 Å². The Morgan fingerprint density at radius 3 is 2.11 bits per heavy atom. The number of carboxylic acid groups (broad SMARTS) is 2. The zero-order chi connectivity index (χ0) is 20.8. The SMILES string of the molecule is CCC(=C(C(=O)O)C(=O)O)c1ccc(OCc2c(Cl)cccc2Cl)cc1CC. The molecule has 0 saturated heterocycles. The van der Waals surface area contributed by atoms with E-state index in [0.717, 1.165) is 5.56 Å². The molecule has 0 unspecified atom stereocenters. The Bertz CT molecular complexity index is 898. The lowest BCUT2D eigenvalue weighted by Crippen LogP contribution is -2.14. The molecule has 0 amide bonds. The molecule has 0 saturated carbocycles. The molecular formula is C21H20Cl2O5. The maximum absolute atomic E-state index is 11.4. The summed E-state index contributed by atoms with van der Waals surface area (Å²) in [5.41, 5.74) is 1.71. The summed E-state index contributed by atoms with van der Waals surface area (Å²) >= 11 is 12.3. The van der Waals surface area contributed by atoms with E-state index in [1.165, 1.54) is 0 Å². The fraction of sp³-hybridized carbons (Fsp3) is 0.238. The molecule has 0 spiro atoms. The van der Waals surface area contributed by atoms with Crippen molar-refractivity contribution in [1.82, 2.24) is 0 Å². The summed E-state index contributed by atoms with van der Waals surface area (Å²) in [6.45, 7) is 3.81. The average Bonchev–Trinajstić information content (AvgIpc) is 2.64. The van der Waals surface area contributed by atoms with Gasteiger partial charge in [-0.15, -0.1) is 0 Å². The highest BCUT2D eigenvalue weighted by Gasteiger charge is 2.23. The number of allylic oxidation sites excluding steroid dienone is 1. The van der Waals surface area contributed by atoms with Gasteiger partial charge in [0, 0.05) is 15.6 Å². The number of benzene rings is 2. The lowest BCUT2D eigenvalue weighted by Gasteiger charge is -2.15. The first kappa shape index (κ1) is 21.8. The third-order valence-corrected chi connectivity index (χ3v) is 5.02.